The van der Waals surface area contributed by atoms with Crippen LogP contribution in [-0.4, -0.2) is 34.7 Å². The van der Waals surface area contributed by atoms with Gasteiger partial charge in [0.05, 0.1) is 24.5 Å². The van der Waals surface area contributed by atoms with Gasteiger partial charge in [-0.2, -0.15) is 0 Å². The van der Waals surface area contributed by atoms with Gasteiger partial charge < -0.3 is 14.2 Å². The molecule has 0 saturated carbocycles. The zero-order chi connectivity index (χ0) is 19.4. The summed E-state index contributed by atoms with van der Waals surface area (Å²) in [5.41, 5.74) is 1.71. The molecule has 8 heteroatoms. The van der Waals surface area contributed by atoms with E-state index >= 15 is 0 Å². The minimum atomic E-state index is -3.90. The number of carbonyl (C=O) groups is 1. The lowest BCUT2D eigenvalue weighted by Gasteiger charge is -2.21. The fourth-order valence-corrected chi connectivity index (χ4v) is 3.96. The molecular formula is C19H21NO6S. The number of nitrogens with one attached hydrogen (secondary N) is 1. The number of hydrogen-bond donors (Lipinski definition) is 1. The number of methoxy groups -OCH3 is 1. The molecule has 0 bridgehead atoms. The van der Waals surface area contributed by atoms with Gasteiger partial charge in [0, 0.05) is 6.07 Å². The molecule has 7 nitrogen and oxygen atoms in total. The Morgan fingerprint density at radius 3 is 2.44 bits per heavy atom. The third-order valence-corrected chi connectivity index (χ3v) is 5.67. The molecule has 1 atom stereocenters. The Morgan fingerprint density at radius 1 is 1.11 bits per heavy atom. The summed E-state index contributed by atoms with van der Waals surface area (Å²) in [4.78, 5) is 11.8. The summed E-state index contributed by atoms with van der Waals surface area (Å²) in [7, 11) is -2.63. The van der Waals surface area contributed by atoms with Crippen molar-refractivity contribution in [1.29, 1.82) is 0 Å². The van der Waals surface area contributed by atoms with E-state index in [1.807, 2.05) is 19.1 Å². The molecule has 1 N–H and O–H groups in total. The van der Waals surface area contributed by atoms with E-state index in [1.165, 1.54) is 19.2 Å². The van der Waals surface area contributed by atoms with Gasteiger partial charge in [0.2, 0.25) is 10.0 Å². The lowest BCUT2D eigenvalue weighted by Crippen LogP contribution is -2.30. The van der Waals surface area contributed by atoms with Gasteiger partial charge in [-0.05, 0) is 24.6 Å². The van der Waals surface area contributed by atoms with Crippen molar-refractivity contribution >= 4 is 16.0 Å². The summed E-state index contributed by atoms with van der Waals surface area (Å²) in [5, 5.41) is 0. The smallest absolute Gasteiger partial charge is 0.307 e. The van der Waals surface area contributed by atoms with Crippen LogP contribution in [0.25, 0.3) is 0 Å². The van der Waals surface area contributed by atoms with Crippen LogP contribution in [0.1, 0.15) is 23.6 Å². The summed E-state index contributed by atoms with van der Waals surface area (Å²) < 4.78 is 43.9. The zero-order valence-electron chi connectivity index (χ0n) is 15.1. The van der Waals surface area contributed by atoms with E-state index in [2.05, 4.69) is 4.72 Å². The maximum absolute atomic E-state index is 12.9. The second-order valence-electron chi connectivity index (χ2n) is 6.17. The molecule has 2 aromatic carbocycles. The number of esters is 1. The molecule has 0 radical (unpaired) electrons. The first-order chi connectivity index (χ1) is 12.9. The molecule has 2 aromatic rings. The van der Waals surface area contributed by atoms with Crippen molar-refractivity contribution in [2.45, 2.75) is 24.3 Å². The Morgan fingerprint density at radius 2 is 1.78 bits per heavy atom. The summed E-state index contributed by atoms with van der Waals surface area (Å²) in [6, 6.07) is 11.0. The van der Waals surface area contributed by atoms with Crippen molar-refractivity contribution in [3.8, 4) is 11.5 Å². The van der Waals surface area contributed by atoms with Gasteiger partial charge in [-0.3, -0.25) is 4.79 Å². The highest BCUT2D eigenvalue weighted by Gasteiger charge is 2.25. The van der Waals surface area contributed by atoms with Crippen molar-refractivity contribution < 1.29 is 27.4 Å². The predicted octanol–water partition coefficient (Wildman–Crippen LogP) is 2.35. The van der Waals surface area contributed by atoms with Crippen molar-refractivity contribution in [3.63, 3.8) is 0 Å². The molecule has 1 aliphatic rings. The first-order valence-electron chi connectivity index (χ1n) is 8.44. The summed E-state index contributed by atoms with van der Waals surface area (Å²) in [5.74, 6) is 0.374. The highest BCUT2D eigenvalue weighted by molar-refractivity contribution is 7.89. The van der Waals surface area contributed by atoms with E-state index in [9.17, 15) is 13.2 Å². The molecule has 0 amide bonds. The van der Waals surface area contributed by atoms with Crippen LogP contribution in [0, 0.1) is 6.92 Å². The predicted molar refractivity (Wildman–Crippen MR) is 98.3 cm³/mol. The largest absolute Gasteiger partial charge is 0.486 e. The monoisotopic (exact) mass is 391 g/mol. The van der Waals surface area contributed by atoms with Gasteiger partial charge in [0.1, 0.15) is 13.2 Å². The maximum atomic E-state index is 12.9. The molecule has 144 valence electrons. The Bertz CT molecular complexity index is 924. The van der Waals surface area contributed by atoms with Crippen LogP contribution < -0.4 is 14.2 Å². The molecule has 0 unspecified atom stereocenters. The first kappa shape index (κ1) is 19.2. The number of ether oxygens (including phenoxy) is 3. The Hall–Kier alpha value is -2.58. The molecular weight excluding hydrogens is 370 g/mol. The van der Waals surface area contributed by atoms with Crippen LogP contribution in [0.15, 0.2) is 47.4 Å². The van der Waals surface area contributed by atoms with E-state index in [0.717, 1.165) is 5.56 Å². The minimum absolute atomic E-state index is 0.0359. The average Bonchev–Trinajstić information content (AvgIpc) is 2.67. The second-order valence-corrected chi connectivity index (χ2v) is 7.88. The Labute approximate surface area is 158 Å². The Balaban J connectivity index is 1.89. The normalized spacial score (nSPS) is 14.4. The zero-order valence-corrected chi connectivity index (χ0v) is 15.9. The molecule has 1 aliphatic heterocycles. The summed E-state index contributed by atoms with van der Waals surface area (Å²) >= 11 is 0. The summed E-state index contributed by atoms with van der Waals surface area (Å²) in [6.45, 7) is 2.71. The fourth-order valence-electron chi connectivity index (χ4n) is 2.72. The van der Waals surface area contributed by atoms with E-state index in [4.69, 9.17) is 14.2 Å². The van der Waals surface area contributed by atoms with Crippen LogP contribution in [0.5, 0.6) is 11.5 Å². The molecule has 1 heterocycles. The van der Waals surface area contributed by atoms with E-state index in [1.54, 1.807) is 18.2 Å². The average molecular weight is 391 g/mol. The highest BCUT2D eigenvalue weighted by Crippen LogP contribution is 2.32. The highest BCUT2D eigenvalue weighted by atomic mass is 32.2. The van der Waals surface area contributed by atoms with Gasteiger partial charge in [0.15, 0.2) is 11.5 Å². The third-order valence-electron chi connectivity index (χ3n) is 4.20. The maximum Gasteiger partial charge on any atom is 0.307 e. The van der Waals surface area contributed by atoms with E-state index < -0.39 is 22.0 Å². The van der Waals surface area contributed by atoms with Gasteiger partial charge in [-0.15, -0.1) is 0 Å². The van der Waals surface area contributed by atoms with Gasteiger partial charge in [0.25, 0.3) is 0 Å². The van der Waals surface area contributed by atoms with Crippen molar-refractivity contribution in [2.75, 3.05) is 20.3 Å². The first-order valence-corrected chi connectivity index (χ1v) is 9.93. The number of sulfonamides is 1. The third kappa shape index (κ3) is 4.58. The minimum Gasteiger partial charge on any atom is -0.486 e. The molecule has 0 fully saturated rings. The lowest BCUT2D eigenvalue weighted by atomic mass is 10.0. The van der Waals surface area contributed by atoms with Crippen LogP contribution in [0.3, 0.4) is 0 Å². The number of fused-ring (bicyclic) bond motifs is 1. The number of aryl methyl sites for hydroxylation is 1. The van der Waals surface area contributed by atoms with Gasteiger partial charge >= 0.3 is 5.97 Å². The number of carbonyl (C=O) groups excluding carboxylic acids is 1. The number of rotatable bonds is 6. The summed E-state index contributed by atoms with van der Waals surface area (Å²) in [6.07, 6.45) is -0.122. The van der Waals surface area contributed by atoms with Crippen molar-refractivity contribution in [2.24, 2.45) is 0 Å². The number of benzene rings is 2. The molecule has 0 aromatic heterocycles. The van der Waals surface area contributed by atoms with Crippen molar-refractivity contribution in [1.82, 2.24) is 4.72 Å². The topological polar surface area (TPSA) is 90.9 Å². The molecule has 27 heavy (non-hydrogen) atoms. The fraction of sp³-hybridized carbons (Fsp3) is 0.316. The van der Waals surface area contributed by atoms with Gasteiger partial charge in [-0.1, -0.05) is 29.8 Å². The Kier molecular flexibility index (Phi) is 5.67. The molecule has 3 rings (SSSR count). The van der Waals surface area contributed by atoms with Crippen LogP contribution in [0.2, 0.25) is 0 Å². The SMILES string of the molecule is COC(=O)C[C@H](NS(=O)(=O)c1ccc2c(c1)OCCO2)c1ccc(C)cc1. The molecule has 0 saturated heterocycles. The number of hydrogen-bond acceptors (Lipinski definition) is 6. The second kappa shape index (κ2) is 7.98. The molecule has 0 aliphatic carbocycles. The van der Waals surface area contributed by atoms with Crippen LogP contribution in [0.4, 0.5) is 0 Å². The quantitative estimate of drug-likeness (QED) is 0.760. The lowest BCUT2D eigenvalue weighted by molar-refractivity contribution is -0.141. The van der Waals surface area contributed by atoms with Crippen LogP contribution in [-0.2, 0) is 19.6 Å². The molecule has 0 spiro atoms. The van der Waals surface area contributed by atoms with E-state index in [0.29, 0.717) is 30.3 Å². The van der Waals surface area contributed by atoms with Crippen molar-refractivity contribution in [3.05, 3.63) is 53.6 Å². The van der Waals surface area contributed by atoms with Gasteiger partial charge in [-0.25, -0.2) is 13.1 Å². The standard InChI is InChI=1S/C19H21NO6S/c1-13-3-5-14(6-4-13)16(12-19(21)24-2)20-27(22,23)15-7-8-17-18(11-15)26-10-9-25-17/h3-8,11,16,20H,9-10,12H2,1-2H3/t16-/m0/s1. The van der Waals surface area contributed by atoms with E-state index in [-0.39, 0.29) is 11.3 Å². The van der Waals surface area contributed by atoms with Crippen LogP contribution >= 0.6 is 0 Å².